The van der Waals surface area contributed by atoms with Gasteiger partial charge in [0.1, 0.15) is 0 Å². The van der Waals surface area contributed by atoms with E-state index in [0.717, 1.165) is 25.4 Å². The lowest BCUT2D eigenvalue weighted by Gasteiger charge is -2.39. The number of amides is 1. The molecule has 3 aliphatic rings. The topological polar surface area (TPSA) is 29.5 Å². The lowest BCUT2D eigenvalue weighted by atomic mass is 10.2. The normalized spacial score (nSPS) is 29.0. The molecule has 2 fully saturated rings. The molecule has 0 saturated carbocycles. The fourth-order valence-electron chi connectivity index (χ4n) is 1.55. The summed E-state index contributed by atoms with van der Waals surface area (Å²) in [4.78, 5) is 12.5. The summed E-state index contributed by atoms with van der Waals surface area (Å²) in [5, 5.41) is 0.475. The summed E-state index contributed by atoms with van der Waals surface area (Å²) in [6.07, 6.45) is 7.22. The number of hydrogen-bond acceptors (Lipinski definition) is 3. The first kappa shape index (κ1) is 10.1. The first-order chi connectivity index (χ1) is 6.88. The van der Waals surface area contributed by atoms with Crippen molar-refractivity contribution in [2.45, 2.75) is 24.6 Å². The number of hydrogen-bond donors (Lipinski definition) is 0. The third-order valence-corrected chi connectivity index (χ3v) is 3.59. The van der Waals surface area contributed by atoms with E-state index < -0.39 is 0 Å². The van der Waals surface area contributed by atoms with E-state index in [1.807, 2.05) is 24.0 Å². The molecule has 0 bridgehead atoms. The highest BCUT2D eigenvalue weighted by molar-refractivity contribution is 8.00. The minimum Gasteiger partial charge on any atom is -0.381 e. The maximum Gasteiger partial charge on any atom is 0.230 e. The van der Waals surface area contributed by atoms with Crippen LogP contribution in [0, 0.1) is 0 Å². The van der Waals surface area contributed by atoms with E-state index in [9.17, 15) is 4.79 Å². The van der Waals surface area contributed by atoms with Crippen molar-refractivity contribution >= 4 is 17.7 Å². The molecule has 4 heteroatoms. The van der Waals surface area contributed by atoms with Crippen LogP contribution in [-0.4, -0.2) is 35.1 Å². The highest BCUT2D eigenvalue weighted by Gasteiger charge is 2.35. The van der Waals surface area contributed by atoms with Crippen molar-refractivity contribution in [1.82, 2.24) is 4.90 Å². The zero-order valence-corrected chi connectivity index (χ0v) is 8.96. The summed E-state index contributed by atoms with van der Waals surface area (Å²) in [6.45, 7) is 2.00. The summed E-state index contributed by atoms with van der Waals surface area (Å²) < 4.78 is 4.94. The molecule has 3 heterocycles. The van der Waals surface area contributed by atoms with Gasteiger partial charge in [0.05, 0.1) is 11.8 Å². The van der Waals surface area contributed by atoms with Crippen LogP contribution in [0.25, 0.3) is 0 Å². The first-order valence-electron chi connectivity index (χ1n) is 5.05. The van der Waals surface area contributed by atoms with Gasteiger partial charge >= 0.3 is 0 Å². The van der Waals surface area contributed by atoms with Gasteiger partial charge in [0.15, 0.2) is 0 Å². The Labute approximate surface area is 88.5 Å². The number of carbonyl (C=O) groups excluding carboxylic acids is 1. The van der Waals surface area contributed by atoms with E-state index in [-0.39, 0.29) is 5.91 Å². The predicted molar refractivity (Wildman–Crippen MR) is 56.9 cm³/mol. The van der Waals surface area contributed by atoms with Crippen molar-refractivity contribution in [2.75, 3.05) is 19.0 Å². The summed E-state index contributed by atoms with van der Waals surface area (Å²) >= 11 is 1.84. The third kappa shape index (κ3) is 2.30. The Bertz CT molecular complexity index is 231. The maximum absolute atomic E-state index is 10.7. The summed E-state index contributed by atoms with van der Waals surface area (Å²) in [6, 6.07) is 0. The lowest BCUT2D eigenvalue weighted by Crippen LogP contribution is -2.48. The molecular weight excluding hydrogens is 198 g/mol. The van der Waals surface area contributed by atoms with E-state index in [4.69, 9.17) is 4.74 Å². The van der Waals surface area contributed by atoms with Crippen LogP contribution in [0.3, 0.4) is 0 Å². The number of ether oxygens (including phenoxy) is 1. The van der Waals surface area contributed by atoms with E-state index >= 15 is 0 Å². The average Bonchev–Trinajstić information content (AvgIpc) is 2.74. The lowest BCUT2D eigenvalue weighted by molar-refractivity contribution is -0.137. The molecule has 2 saturated heterocycles. The molecule has 3 aliphatic heterocycles. The number of β-lactam (4-membered cyclic amide) rings is 1. The molecule has 0 aromatic carbocycles. The molecule has 78 valence electrons. The van der Waals surface area contributed by atoms with Gasteiger partial charge in [-0.15, -0.1) is 11.8 Å². The molecule has 3 rings (SSSR count). The largest absolute Gasteiger partial charge is 0.381 e. The third-order valence-electron chi connectivity index (χ3n) is 2.43. The second kappa shape index (κ2) is 4.84. The van der Waals surface area contributed by atoms with E-state index in [2.05, 4.69) is 0 Å². The van der Waals surface area contributed by atoms with Crippen LogP contribution >= 0.6 is 11.8 Å². The monoisotopic (exact) mass is 213 g/mol. The van der Waals surface area contributed by atoms with Crippen molar-refractivity contribution in [3.63, 3.8) is 0 Å². The molecule has 0 radical (unpaired) electrons. The molecular formula is C10H15NO2S. The SMILES string of the molecule is C1CCOC1.O=C1C[C@H]2SCC=CN12. The predicted octanol–water partition coefficient (Wildman–Crippen LogP) is 1.60. The minimum absolute atomic E-state index is 0.267. The van der Waals surface area contributed by atoms with Crippen molar-refractivity contribution in [2.24, 2.45) is 0 Å². The number of nitrogens with zero attached hydrogens (tertiary/aromatic N) is 1. The van der Waals surface area contributed by atoms with Crippen LogP contribution in [0.15, 0.2) is 12.3 Å². The van der Waals surface area contributed by atoms with Crippen LogP contribution in [0.5, 0.6) is 0 Å². The Kier molecular flexibility index (Phi) is 3.48. The second-order valence-corrected chi connectivity index (χ2v) is 4.71. The van der Waals surface area contributed by atoms with Gasteiger partial charge in [0.2, 0.25) is 5.91 Å². The van der Waals surface area contributed by atoms with Crippen LogP contribution in [-0.2, 0) is 9.53 Å². The second-order valence-electron chi connectivity index (χ2n) is 3.50. The van der Waals surface area contributed by atoms with Gasteiger partial charge in [0, 0.05) is 25.2 Å². The van der Waals surface area contributed by atoms with Crippen LogP contribution in [0.4, 0.5) is 0 Å². The average molecular weight is 213 g/mol. The molecule has 0 spiro atoms. The highest BCUT2D eigenvalue weighted by Crippen LogP contribution is 2.32. The van der Waals surface area contributed by atoms with Gasteiger partial charge < -0.3 is 9.64 Å². The fourth-order valence-corrected chi connectivity index (χ4v) is 2.58. The number of rotatable bonds is 0. The quantitative estimate of drug-likeness (QED) is 0.572. The van der Waals surface area contributed by atoms with Crippen LogP contribution in [0.2, 0.25) is 0 Å². The summed E-state index contributed by atoms with van der Waals surface area (Å²) in [7, 11) is 0. The van der Waals surface area contributed by atoms with E-state index in [0.29, 0.717) is 5.37 Å². The van der Waals surface area contributed by atoms with Crippen molar-refractivity contribution in [3.8, 4) is 0 Å². The fraction of sp³-hybridized carbons (Fsp3) is 0.700. The molecule has 0 N–H and O–H groups in total. The Hall–Kier alpha value is -0.480. The Balaban J connectivity index is 0.000000128. The van der Waals surface area contributed by atoms with Crippen molar-refractivity contribution in [3.05, 3.63) is 12.3 Å². The number of carbonyl (C=O) groups is 1. The minimum atomic E-state index is 0.267. The molecule has 1 amide bonds. The van der Waals surface area contributed by atoms with E-state index in [1.54, 1.807) is 4.90 Å². The van der Waals surface area contributed by atoms with Crippen LogP contribution in [0.1, 0.15) is 19.3 Å². The zero-order valence-electron chi connectivity index (χ0n) is 8.15. The van der Waals surface area contributed by atoms with E-state index in [1.165, 1.54) is 12.8 Å². The van der Waals surface area contributed by atoms with Gasteiger partial charge in [-0.05, 0) is 12.8 Å². The Morgan fingerprint density at radius 3 is 2.64 bits per heavy atom. The van der Waals surface area contributed by atoms with Crippen LogP contribution < -0.4 is 0 Å². The standard InChI is InChI=1S/C6H7NOS.C4H8O/c8-5-4-6-7(5)2-1-3-9-6;1-2-4-5-3-1/h1-2,6H,3-4H2;1-4H2/t6-;/m1./s1. The molecule has 1 atom stereocenters. The summed E-state index contributed by atoms with van der Waals surface area (Å²) in [5.41, 5.74) is 0. The van der Waals surface area contributed by atoms with Gasteiger partial charge in [-0.3, -0.25) is 4.79 Å². The molecule has 14 heavy (non-hydrogen) atoms. The van der Waals surface area contributed by atoms with Gasteiger partial charge in [-0.2, -0.15) is 0 Å². The number of thioether (sulfide) groups is 1. The molecule has 0 aromatic heterocycles. The van der Waals surface area contributed by atoms with Crippen molar-refractivity contribution < 1.29 is 9.53 Å². The van der Waals surface area contributed by atoms with Gasteiger partial charge in [-0.1, -0.05) is 6.08 Å². The Morgan fingerprint density at radius 1 is 1.43 bits per heavy atom. The molecule has 3 nitrogen and oxygen atoms in total. The zero-order chi connectivity index (χ0) is 9.80. The summed E-state index contributed by atoms with van der Waals surface area (Å²) in [5.74, 6) is 1.33. The van der Waals surface area contributed by atoms with Gasteiger partial charge in [0.25, 0.3) is 0 Å². The maximum atomic E-state index is 10.7. The number of fused-ring (bicyclic) bond motifs is 1. The highest BCUT2D eigenvalue weighted by atomic mass is 32.2. The smallest absolute Gasteiger partial charge is 0.230 e. The molecule has 0 aromatic rings. The molecule has 0 unspecified atom stereocenters. The first-order valence-corrected chi connectivity index (χ1v) is 6.10. The van der Waals surface area contributed by atoms with Crippen molar-refractivity contribution in [1.29, 1.82) is 0 Å². The Morgan fingerprint density at radius 2 is 2.21 bits per heavy atom. The molecule has 0 aliphatic carbocycles. The van der Waals surface area contributed by atoms with Gasteiger partial charge in [-0.25, -0.2) is 0 Å².